The number of hydrogen-bond donors (Lipinski definition) is 0. The predicted octanol–water partition coefficient (Wildman–Crippen LogP) is 6.50. The molecule has 204 valence electrons. The highest BCUT2D eigenvalue weighted by molar-refractivity contribution is 7.89. The van der Waals surface area contributed by atoms with Crippen molar-refractivity contribution in [3.05, 3.63) is 83.2 Å². The Kier molecular flexibility index (Phi) is 8.11. The highest BCUT2D eigenvalue weighted by atomic mass is 32.2. The highest BCUT2D eigenvalue weighted by Gasteiger charge is 2.31. The number of carbonyl (C=O) groups excluding carboxylic acids is 1. The molecule has 2 aromatic heterocycles. The fourth-order valence-electron chi connectivity index (χ4n) is 5.43. The normalized spacial score (nSPS) is 14.7. The molecule has 1 saturated carbocycles. The van der Waals surface area contributed by atoms with Crippen molar-refractivity contribution in [1.82, 2.24) is 14.3 Å². The van der Waals surface area contributed by atoms with Gasteiger partial charge in [-0.1, -0.05) is 43.6 Å². The first-order chi connectivity index (χ1) is 18.8. The van der Waals surface area contributed by atoms with E-state index in [1.807, 2.05) is 32.0 Å². The van der Waals surface area contributed by atoms with Crippen LogP contribution in [0.2, 0.25) is 0 Å². The topological polar surface area (TPSA) is 83.5 Å². The fraction of sp³-hybridized carbons (Fsp3) is 0.367. The molecule has 1 aliphatic rings. The lowest BCUT2D eigenvalue weighted by atomic mass is 9.95. The quantitative estimate of drug-likeness (QED) is 0.245. The van der Waals surface area contributed by atoms with Crippen LogP contribution in [0, 0.1) is 13.8 Å². The minimum atomic E-state index is -3.65. The molecule has 7 nitrogen and oxygen atoms in total. The van der Waals surface area contributed by atoms with E-state index in [0.29, 0.717) is 23.8 Å². The summed E-state index contributed by atoms with van der Waals surface area (Å²) in [5, 5.41) is 0.603. The number of nitrogens with zero attached hydrogens (tertiary/aromatic N) is 4. The van der Waals surface area contributed by atoms with Crippen molar-refractivity contribution in [2.75, 3.05) is 11.4 Å². The Bertz CT molecular complexity index is 1560. The highest BCUT2D eigenvalue weighted by Crippen LogP contribution is 2.34. The van der Waals surface area contributed by atoms with Crippen molar-refractivity contribution in [2.24, 2.45) is 0 Å². The number of hydrogen-bond acceptors (Lipinski definition) is 6. The van der Waals surface area contributed by atoms with Crippen LogP contribution >= 0.6 is 11.3 Å². The van der Waals surface area contributed by atoms with E-state index >= 15 is 0 Å². The molecule has 0 bridgehead atoms. The molecule has 0 spiro atoms. The van der Waals surface area contributed by atoms with E-state index in [-0.39, 0.29) is 16.8 Å². The van der Waals surface area contributed by atoms with Crippen LogP contribution in [-0.4, -0.2) is 41.2 Å². The number of sulfonamides is 1. The molecule has 2 heterocycles. The average molecular weight is 563 g/mol. The van der Waals surface area contributed by atoms with Crippen LogP contribution < -0.4 is 4.90 Å². The van der Waals surface area contributed by atoms with Gasteiger partial charge in [0.1, 0.15) is 0 Å². The zero-order valence-corrected chi connectivity index (χ0v) is 24.3. The number of fused-ring (bicyclic) bond motifs is 1. The van der Waals surface area contributed by atoms with E-state index in [1.54, 1.807) is 45.9 Å². The predicted molar refractivity (Wildman–Crippen MR) is 157 cm³/mol. The molecule has 0 radical (unpaired) electrons. The second-order valence-electron chi connectivity index (χ2n) is 10.2. The SMILES string of the molecule is CCN(C1CCCCC1)S(=O)(=O)c1ccc(C(=O)N(Cc2ccncc2)c2nc3cc(C)cc(C)c3s2)cc1. The number of pyridine rings is 1. The summed E-state index contributed by atoms with van der Waals surface area (Å²) in [5.41, 5.74) is 4.45. The lowest BCUT2D eigenvalue weighted by molar-refractivity contribution is 0.0985. The maximum atomic E-state index is 13.9. The van der Waals surface area contributed by atoms with Crippen LogP contribution in [0.4, 0.5) is 5.13 Å². The molecule has 1 aliphatic carbocycles. The first kappa shape index (κ1) is 27.4. The second-order valence-corrected chi connectivity index (χ2v) is 13.1. The molecule has 0 atom stereocenters. The number of benzene rings is 2. The van der Waals surface area contributed by atoms with Gasteiger partial charge in [-0.25, -0.2) is 13.4 Å². The average Bonchev–Trinajstić information content (AvgIpc) is 3.37. The van der Waals surface area contributed by atoms with Gasteiger partial charge in [0, 0.05) is 30.5 Å². The van der Waals surface area contributed by atoms with E-state index in [4.69, 9.17) is 4.98 Å². The largest absolute Gasteiger partial charge is 0.279 e. The molecular weight excluding hydrogens is 528 g/mol. The maximum Gasteiger partial charge on any atom is 0.260 e. The standard InChI is InChI=1S/C30H34N4O3S2/c1-4-34(25-8-6-5-7-9-25)39(36,37)26-12-10-24(11-13-26)29(35)33(20-23-14-16-31-17-15-23)30-32-27-19-21(2)18-22(3)28(27)38-30/h10-19,25H,4-9,20H2,1-3H3. The van der Waals surface area contributed by atoms with Gasteiger partial charge in [0.15, 0.2) is 5.13 Å². The zero-order valence-electron chi connectivity index (χ0n) is 22.6. The van der Waals surface area contributed by atoms with Gasteiger partial charge in [-0.15, -0.1) is 0 Å². The van der Waals surface area contributed by atoms with Crippen LogP contribution in [0.5, 0.6) is 0 Å². The van der Waals surface area contributed by atoms with Crippen LogP contribution in [0.25, 0.3) is 10.2 Å². The molecule has 1 fully saturated rings. The minimum absolute atomic E-state index is 0.0389. The molecule has 0 saturated heterocycles. The molecule has 0 aliphatic heterocycles. The number of aromatic nitrogens is 2. The van der Waals surface area contributed by atoms with E-state index < -0.39 is 10.0 Å². The zero-order chi connectivity index (χ0) is 27.6. The monoisotopic (exact) mass is 562 g/mol. The fourth-order valence-corrected chi connectivity index (χ4v) is 8.14. The summed E-state index contributed by atoms with van der Waals surface area (Å²) in [4.78, 5) is 24.7. The van der Waals surface area contributed by atoms with Crippen LogP contribution in [-0.2, 0) is 16.6 Å². The van der Waals surface area contributed by atoms with Crippen molar-refractivity contribution in [1.29, 1.82) is 0 Å². The van der Waals surface area contributed by atoms with E-state index in [0.717, 1.165) is 59.0 Å². The summed E-state index contributed by atoms with van der Waals surface area (Å²) in [6, 6.07) is 14.3. The lowest BCUT2D eigenvalue weighted by Gasteiger charge is -2.32. The first-order valence-electron chi connectivity index (χ1n) is 13.5. The molecule has 9 heteroatoms. The molecule has 0 unspecified atom stereocenters. The molecule has 5 rings (SSSR count). The Morgan fingerprint density at radius 2 is 1.69 bits per heavy atom. The van der Waals surface area contributed by atoms with Gasteiger partial charge in [0.25, 0.3) is 5.91 Å². The Labute approximate surface area is 234 Å². The van der Waals surface area contributed by atoms with Crippen molar-refractivity contribution in [3.8, 4) is 0 Å². The molecule has 2 aromatic carbocycles. The summed E-state index contributed by atoms with van der Waals surface area (Å²) in [6.45, 7) is 6.74. The number of aryl methyl sites for hydroxylation is 2. The van der Waals surface area contributed by atoms with Crippen LogP contribution in [0.1, 0.15) is 66.1 Å². The van der Waals surface area contributed by atoms with Gasteiger partial charge >= 0.3 is 0 Å². The van der Waals surface area contributed by atoms with E-state index in [9.17, 15) is 13.2 Å². The number of thiazole rings is 1. The summed E-state index contributed by atoms with van der Waals surface area (Å²) in [6.07, 6.45) is 8.48. The lowest BCUT2D eigenvalue weighted by Crippen LogP contribution is -2.41. The van der Waals surface area contributed by atoms with Gasteiger partial charge in [-0.3, -0.25) is 14.7 Å². The van der Waals surface area contributed by atoms with E-state index in [2.05, 4.69) is 18.0 Å². The number of anilines is 1. The van der Waals surface area contributed by atoms with Gasteiger partial charge in [-0.05, 0) is 85.8 Å². The third-order valence-corrected chi connectivity index (χ3v) is 10.6. The molecular formula is C30H34N4O3S2. The third-order valence-electron chi connectivity index (χ3n) is 7.38. The van der Waals surface area contributed by atoms with Gasteiger partial charge in [0.05, 0.1) is 21.7 Å². The first-order valence-corrected chi connectivity index (χ1v) is 15.7. The third kappa shape index (κ3) is 5.76. The van der Waals surface area contributed by atoms with Crippen LogP contribution in [0.15, 0.2) is 65.8 Å². The summed E-state index contributed by atoms with van der Waals surface area (Å²) >= 11 is 1.49. The van der Waals surface area contributed by atoms with Gasteiger partial charge in [0.2, 0.25) is 10.0 Å². The number of rotatable bonds is 8. The van der Waals surface area contributed by atoms with Crippen molar-refractivity contribution in [3.63, 3.8) is 0 Å². The van der Waals surface area contributed by atoms with Gasteiger partial charge in [-0.2, -0.15) is 4.31 Å². The minimum Gasteiger partial charge on any atom is -0.279 e. The van der Waals surface area contributed by atoms with Crippen molar-refractivity contribution < 1.29 is 13.2 Å². The van der Waals surface area contributed by atoms with Crippen molar-refractivity contribution >= 4 is 42.6 Å². The Hall–Kier alpha value is -3.14. The number of amides is 1. The summed E-state index contributed by atoms with van der Waals surface area (Å²) in [5.74, 6) is -0.233. The Balaban J connectivity index is 1.47. The molecule has 4 aromatic rings. The van der Waals surface area contributed by atoms with E-state index in [1.165, 1.54) is 11.3 Å². The second kappa shape index (κ2) is 11.5. The van der Waals surface area contributed by atoms with Gasteiger partial charge < -0.3 is 0 Å². The Morgan fingerprint density at radius 3 is 2.36 bits per heavy atom. The Morgan fingerprint density at radius 1 is 1.00 bits per heavy atom. The van der Waals surface area contributed by atoms with Crippen molar-refractivity contribution in [2.45, 2.75) is 70.4 Å². The molecule has 1 amide bonds. The maximum absolute atomic E-state index is 13.9. The number of carbonyl (C=O) groups is 1. The molecule has 39 heavy (non-hydrogen) atoms. The molecule has 0 N–H and O–H groups in total. The summed E-state index contributed by atoms with van der Waals surface area (Å²) < 4.78 is 29.7. The summed E-state index contributed by atoms with van der Waals surface area (Å²) in [7, 11) is -3.65. The smallest absolute Gasteiger partial charge is 0.260 e. The van der Waals surface area contributed by atoms with Crippen LogP contribution in [0.3, 0.4) is 0 Å².